The maximum atomic E-state index is 13.6. The van der Waals surface area contributed by atoms with Crippen molar-refractivity contribution in [2.45, 2.75) is 32.9 Å². The number of urea groups is 1. The maximum Gasteiger partial charge on any atom is 0.319 e. The summed E-state index contributed by atoms with van der Waals surface area (Å²) in [6.07, 6.45) is 3.79. The first-order valence-electron chi connectivity index (χ1n) is 12.9. The van der Waals surface area contributed by atoms with Crippen LogP contribution in [0.25, 0.3) is 22.6 Å². The van der Waals surface area contributed by atoms with Crippen LogP contribution in [0, 0.1) is 17.6 Å². The van der Waals surface area contributed by atoms with Crippen molar-refractivity contribution < 1.29 is 13.6 Å². The monoisotopic (exact) mass is 554 g/mol. The molecule has 0 spiro atoms. The molecule has 2 aromatic heterocycles. The Balaban J connectivity index is 1.47. The predicted octanol–water partition coefficient (Wildman–Crippen LogP) is 5.18. The largest absolute Gasteiger partial charge is 0.350 e. The number of amides is 2. The summed E-state index contributed by atoms with van der Waals surface area (Å²) in [4.78, 5) is 25.9. The summed E-state index contributed by atoms with van der Waals surface area (Å²) < 4.78 is 29.0. The van der Waals surface area contributed by atoms with E-state index in [9.17, 15) is 13.6 Å². The first kappa shape index (κ1) is 26.8. The van der Waals surface area contributed by atoms with Crippen molar-refractivity contribution in [3.63, 3.8) is 0 Å². The number of carbonyl (C=O) groups excluding carboxylic acids is 1. The molecule has 1 atom stereocenters. The van der Waals surface area contributed by atoms with E-state index in [-0.39, 0.29) is 12.6 Å². The van der Waals surface area contributed by atoms with Crippen molar-refractivity contribution >= 4 is 40.4 Å². The standard InChI is InChI=1S/C27H29ClF2N8O/c1-2-32-27(39)35-18-6-7-19(20(28)11-18)24-36-23-14-34-26(33-13-16-5-8-21(29)22(30)10-16)37-25(23)38(24)15-17-4-3-9-31-12-17/h5-8,10-11,14,17,31H,2-4,9,12-13,15H2,1H3,(H2,32,35,39)(H,33,34,37)/t17-/m1/s1. The van der Waals surface area contributed by atoms with E-state index in [1.165, 1.54) is 6.07 Å². The molecule has 12 heteroatoms. The second kappa shape index (κ2) is 11.9. The van der Waals surface area contributed by atoms with Crippen molar-refractivity contribution in [3.05, 3.63) is 64.8 Å². The van der Waals surface area contributed by atoms with Crippen LogP contribution in [-0.4, -0.2) is 45.2 Å². The molecule has 4 N–H and O–H groups in total. The minimum atomic E-state index is -0.904. The highest BCUT2D eigenvalue weighted by Crippen LogP contribution is 2.33. The van der Waals surface area contributed by atoms with Gasteiger partial charge in [-0.2, -0.15) is 4.98 Å². The molecule has 1 aliphatic heterocycles. The molecule has 0 unspecified atom stereocenters. The minimum Gasteiger partial charge on any atom is -0.350 e. The Morgan fingerprint density at radius 3 is 2.79 bits per heavy atom. The molecule has 1 aliphatic rings. The van der Waals surface area contributed by atoms with Gasteiger partial charge >= 0.3 is 6.03 Å². The smallest absolute Gasteiger partial charge is 0.319 e. The Bertz CT molecular complexity index is 1490. The Hall–Kier alpha value is -3.83. The number of imidazole rings is 1. The lowest BCUT2D eigenvalue weighted by Crippen LogP contribution is -2.32. The molecule has 3 heterocycles. The van der Waals surface area contributed by atoms with Gasteiger partial charge in [-0.25, -0.2) is 23.5 Å². The van der Waals surface area contributed by atoms with Crippen molar-refractivity contribution in [1.29, 1.82) is 0 Å². The summed E-state index contributed by atoms with van der Waals surface area (Å²) in [5, 5.41) is 12.4. The number of fused-ring (bicyclic) bond motifs is 1. The minimum absolute atomic E-state index is 0.224. The number of halogens is 3. The SMILES string of the molecule is CCNC(=O)Nc1ccc(-c2nc3cnc(NCc4ccc(F)c(F)c4)nc3n2C[C@@H]2CCCNC2)c(Cl)c1. The van der Waals surface area contributed by atoms with Crippen LogP contribution in [0.1, 0.15) is 25.3 Å². The molecule has 1 saturated heterocycles. The number of nitrogens with one attached hydrogen (secondary N) is 4. The Kier molecular flexibility index (Phi) is 8.18. The fourth-order valence-electron chi connectivity index (χ4n) is 4.66. The maximum absolute atomic E-state index is 13.6. The third-order valence-electron chi connectivity index (χ3n) is 6.57. The number of benzene rings is 2. The molecule has 39 heavy (non-hydrogen) atoms. The van der Waals surface area contributed by atoms with Crippen molar-refractivity contribution in [2.24, 2.45) is 5.92 Å². The number of hydrogen-bond acceptors (Lipinski definition) is 6. The molecule has 2 aromatic carbocycles. The fourth-order valence-corrected chi connectivity index (χ4v) is 4.93. The number of carbonyl (C=O) groups is 1. The van der Waals surface area contributed by atoms with Crippen molar-refractivity contribution in [2.75, 3.05) is 30.3 Å². The van der Waals surface area contributed by atoms with Crippen LogP contribution in [0.4, 0.5) is 25.2 Å². The lowest BCUT2D eigenvalue weighted by molar-refractivity contribution is 0.252. The normalized spacial score (nSPS) is 15.3. The van der Waals surface area contributed by atoms with Gasteiger partial charge in [0.1, 0.15) is 11.3 Å². The first-order chi connectivity index (χ1) is 18.9. The van der Waals surface area contributed by atoms with Crippen LogP contribution in [-0.2, 0) is 13.1 Å². The molecule has 4 aromatic rings. The molecule has 5 rings (SSSR count). The summed E-state index contributed by atoms with van der Waals surface area (Å²) in [5.41, 5.74) is 3.08. The van der Waals surface area contributed by atoms with Gasteiger partial charge in [-0.15, -0.1) is 0 Å². The summed E-state index contributed by atoms with van der Waals surface area (Å²) in [6.45, 7) is 5.13. The number of nitrogens with zero attached hydrogens (tertiary/aromatic N) is 4. The molecular formula is C27H29ClF2N8O. The van der Waals surface area contributed by atoms with E-state index in [1.54, 1.807) is 18.3 Å². The summed E-state index contributed by atoms with van der Waals surface area (Å²) in [6, 6.07) is 8.74. The van der Waals surface area contributed by atoms with E-state index in [4.69, 9.17) is 21.6 Å². The lowest BCUT2D eigenvalue weighted by atomic mass is 9.99. The van der Waals surface area contributed by atoms with Gasteiger partial charge in [-0.1, -0.05) is 17.7 Å². The van der Waals surface area contributed by atoms with Crippen LogP contribution in [0.15, 0.2) is 42.6 Å². The highest BCUT2D eigenvalue weighted by atomic mass is 35.5. The average molecular weight is 555 g/mol. The van der Waals surface area contributed by atoms with Crippen LogP contribution < -0.4 is 21.3 Å². The van der Waals surface area contributed by atoms with E-state index >= 15 is 0 Å². The van der Waals surface area contributed by atoms with E-state index in [0.29, 0.717) is 63.8 Å². The lowest BCUT2D eigenvalue weighted by Gasteiger charge is -2.24. The van der Waals surface area contributed by atoms with E-state index < -0.39 is 11.6 Å². The van der Waals surface area contributed by atoms with Crippen LogP contribution in [0.3, 0.4) is 0 Å². The predicted molar refractivity (Wildman–Crippen MR) is 148 cm³/mol. The molecule has 0 saturated carbocycles. The quantitative estimate of drug-likeness (QED) is 0.239. The van der Waals surface area contributed by atoms with Gasteiger partial charge in [0.25, 0.3) is 0 Å². The molecule has 0 aliphatic carbocycles. The van der Waals surface area contributed by atoms with Crippen molar-refractivity contribution in [1.82, 2.24) is 30.2 Å². The zero-order valence-corrected chi connectivity index (χ0v) is 22.2. The number of rotatable bonds is 8. The van der Waals surface area contributed by atoms with E-state index in [2.05, 4.69) is 30.8 Å². The third-order valence-corrected chi connectivity index (χ3v) is 6.88. The summed E-state index contributed by atoms with van der Waals surface area (Å²) in [5.74, 6) is -0.428. The zero-order valence-electron chi connectivity index (χ0n) is 21.4. The highest BCUT2D eigenvalue weighted by Gasteiger charge is 2.22. The second-order valence-corrected chi connectivity index (χ2v) is 9.85. The first-order valence-corrected chi connectivity index (χ1v) is 13.3. The fraction of sp³-hybridized carbons (Fsp3) is 0.333. The van der Waals surface area contributed by atoms with Gasteiger partial charge in [-0.05, 0) is 74.7 Å². The zero-order chi connectivity index (χ0) is 27.4. The molecular weight excluding hydrogens is 526 g/mol. The molecule has 0 radical (unpaired) electrons. The molecule has 0 bridgehead atoms. The molecule has 2 amide bonds. The number of aromatic nitrogens is 4. The van der Waals surface area contributed by atoms with Crippen LogP contribution >= 0.6 is 11.6 Å². The topological polar surface area (TPSA) is 109 Å². The summed E-state index contributed by atoms with van der Waals surface area (Å²) in [7, 11) is 0. The summed E-state index contributed by atoms with van der Waals surface area (Å²) >= 11 is 6.70. The molecule has 204 valence electrons. The van der Waals surface area contributed by atoms with Gasteiger partial charge in [0.05, 0.1) is 11.2 Å². The second-order valence-electron chi connectivity index (χ2n) is 9.44. The number of hydrogen-bond donors (Lipinski definition) is 4. The molecule has 9 nitrogen and oxygen atoms in total. The van der Waals surface area contributed by atoms with E-state index in [0.717, 1.165) is 38.1 Å². The Morgan fingerprint density at radius 1 is 1.18 bits per heavy atom. The van der Waals surface area contributed by atoms with Gasteiger partial charge in [0, 0.05) is 30.9 Å². The van der Waals surface area contributed by atoms with Crippen LogP contribution in [0.2, 0.25) is 5.02 Å². The van der Waals surface area contributed by atoms with Gasteiger partial charge < -0.3 is 25.8 Å². The Labute approximate surface area is 229 Å². The molecule has 1 fully saturated rings. The van der Waals surface area contributed by atoms with Crippen LogP contribution in [0.5, 0.6) is 0 Å². The number of anilines is 2. The van der Waals surface area contributed by atoms with Gasteiger partial charge in [0.2, 0.25) is 5.95 Å². The number of piperidine rings is 1. The highest BCUT2D eigenvalue weighted by molar-refractivity contribution is 6.33. The average Bonchev–Trinajstić information content (AvgIpc) is 3.27. The Morgan fingerprint density at radius 2 is 2.05 bits per heavy atom. The third kappa shape index (κ3) is 6.26. The van der Waals surface area contributed by atoms with Gasteiger partial charge in [0.15, 0.2) is 17.3 Å². The van der Waals surface area contributed by atoms with Crippen molar-refractivity contribution in [3.8, 4) is 11.4 Å². The van der Waals surface area contributed by atoms with E-state index in [1.807, 2.05) is 13.0 Å². The van der Waals surface area contributed by atoms with Gasteiger partial charge in [-0.3, -0.25) is 0 Å².